The molecule has 0 aromatic rings. The molecule has 0 aromatic carbocycles. The van der Waals surface area contributed by atoms with Crippen molar-refractivity contribution in [2.24, 2.45) is 5.92 Å². The van der Waals surface area contributed by atoms with Gasteiger partial charge in [0.05, 0.1) is 19.8 Å². The minimum atomic E-state index is -0.0534. The van der Waals surface area contributed by atoms with E-state index < -0.39 is 0 Å². The van der Waals surface area contributed by atoms with Gasteiger partial charge in [-0.05, 0) is 19.3 Å². The van der Waals surface area contributed by atoms with Crippen molar-refractivity contribution >= 4 is 31.9 Å². The van der Waals surface area contributed by atoms with Crippen molar-refractivity contribution < 1.29 is 14.2 Å². The zero-order valence-corrected chi connectivity index (χ0v) is 13.6. The quantitative estimate of drug-likeness (QED) is 0.414. The number of halogens is 2. The minimum absolute atomic E-state index is 0.0534. The lowest BCUT2D eigenvalue weighted by atomic mass is 9.88. The summed E-state index contributed by atoms with van der Waals surface area (Å²) in [5, 5.41) is 0. The van der Waals surface area contributed by atoms with Crippen LogP contribution < -0.4 is 0 Å². The van der Waals surface area contributed by atoms with Crippen molar-refractivity contribution in [2.45, 2.75) is 41.3 Å². The first kappa shape index (κ1) is 15.0. The zero-order valence-electron chi connectivity index (χ0n) is 10.4. The van der Waals surface area contributed by atoms with Gasteiger partial charge in [-0.15, -0.1) is 6.58 Å². The molecule has 1 saturated heterocycles. The molecule has 104 valence electrons. The molecule has 5 unspecified atom stereocenters. The van der Waals surface area contributed by atoms with Crippen molar-refractivity contribution in [3.63, 3.8) is 0 Å². The molecule has 0 radical (unpaired) electrons. The first-order valence-corrected chi connectivity index (χ1v) is 8.27. The maximum Gasteiger partial charge on any atom is 0.161 e. The van der Waals surface area contributed by atoms with Gasteiger partial charge < -0.3 is 14.2 Å². The van der Waals surface area contributed by atoms with Gasteiger partial charge in [0, 0.05) is 15.6 Å². The van der Waals surface area contributed by atoms with E-state index in [0.29, 0.717) is 35.4 Å². The smallest absolute Gasteiger partial charge is 0.161 e. The maximum atomic E-state index is 5.91. The van der Waals surface area contributed by atoms with Crippen molar-refractivity contribution in [1.29, 1.82) is 0 Å². The van der Waals surface area contributed by atoms with Gasteiger partial charge in [0.1, 0.15) is 6.10 Å². The Morgan fingerprint density at radius 2 is 2.11 bits per heavy atom. The van der Waals surface area contributed by atoms with Crippen LogP contribution >= 0.6 is 31.9 Å². The number of rotatable bonds is 5. The fraction of sp³-hybridized carbons (Fsp3) is 0.846. The summed E-state index contributed by atoms with van der Waals surface area (Å²) in [6.45, 7) is 5.43. The van der Waals surface area contributed by atoms with Crippen LogP contribution in [0.3, 0.4) is 0 Å². The van der Waals surface area contributed by atoms with Crippen LogP contribution in [-0.4, -0.2) is 41.9 Å². The predicted octanol–water partition coefficient (Wildman–Crippen LogP) is 3.26. The van der Waals surface area contributed by atoms with Gasteiger partial charge in [0.15, 0.2) is 6.29 Å². The number of ether oxygens (including phenoxy) is 3. The standard InChI is InChI=1S/C13H20Br2O3/c1-2-5-16-7-10-8-17-13(18-10)9-3-4-11(14)12(15)6-9/h2,9-13H,1,3-8H2. The SMILES string of the molecule is C=CCOCC1COC(C2CCC(Br)C(Br)C2)O1. The van der Waals surface area contributed by atoms with Gasteiger partial charge in [-0.2, -0.15) is 0 Å². The second-order valence-electron chi connectivity index (χ2n) is 4.89. The van der Waals surface area contributed by atoms with Crippen LogP contribution in [0.4, 0.5) is 0 Å². The number of alkyl halides is 2. The topological polar surface area (TPSA) is 27.7 Å². The highest BCUT2D eigenvalue weighted by molar-refractivity contribution is 9.12. The third-order valence-electron chi connectivity index (χ3n) is 3.43. The summed E-state index contributed by atoms with van der Waals surface area (Å²) in [5.41, 5.74) is 0. The minimum Gasteiger partial charge on any atom is -0.375 e. The largest absolute Gasteiger partial charge is 0.375 e. The van der Waals surface area contributed by atoms with Gasteiger partial charge >= 0.3 is 0 Å². The molecular formula is C13H20Br2O3. The van der Waals surface area contributed by atoms with Crippen LogP contribution in [0.15, 0.2) is 12.7 Å². The fourth-order valence-corrected chi connectivity index (χ4v) is 3.67. The third-order valence-corrected chi connectivity index (χ3v) is 6.25. The lowest BCUT2D eigenvalue weighted by Gasteiger charge is -2.32. The molecule has 1 aliphatic carbocycles. The molecule has 1 heterocycles. The first-order chi connectivity index (χ1) is 8.70. The third kappa shape index (κ3) is 4.04. The molecule has 5 atom stereocenters. The summed E-state index contributed by atoms with van der Waals surface area (Å²) < 4.78 is 17.1. The summed E-state index contributed by atoms with van der Waals surface area (Å²) in [7, 11) is 0. The molecule has 1 saturated carbocycles. The van der Waals surface area contributed by atoms with E-state index in [2.05, 4.69) is 38.4 Å². The lowest BCUT2D eigenvalue weighted by Crippen LogP contribution is -2.33. The molecule has 0 amide bonds. The predicted molar refractivity (Wildman–Crippen MR) is 78.4 cm³/mol. The van der Waals surface area contributed by atoms with Crippen molar-refractivity contribution in [1.82, 2.24) is 0 Å². The van der Waals surface area contributed by atoms with Crippen LogP contribution in [0.25, 0.3) is 0 Å². The molecule has 18 heavy (non-hydrogen) atoms. The maximum absolute atomic E-state index is 5.91. The number of hydrogen-bond donors (Lipinski definition) is 0. The summed E-state index contributed by atoms with van der Waals surface area (Å²) in [4.78, 5) is 1.08. The van der Waals surface area contributed by atoms with Crippen LogP contribution in [0.1, 0.15) is 19.3 Å². The summed E-state index contributed by atoms with van der Waals surface area (Å²) in [5.74, 6) is 0.493. The van der Waals surface area contributed by atoms with Gasteiger partial charge in [-0.1, -0.05) is 37.9 Å². The van der Waals surface area contributed by atoms with Gasteiger partial charge in [0.2, 0.25) is 0 Å². The Morgan fingerprint density at radius 1 is 1.28 bits per heavy atom. The van der Waals surface area contributed by atoms with Gasteiger partial charge in [-0.3, -0.25) is 0 Å². The Hall–Kier alpha value is 0.580. The summed E-state index contributed by atoms with van der Waals surface area (Å²) in [6.07, 6.45) is 5.19. The van der Waals surface area contributed by atoms with E-state index in [1.807, 2.05) is 0 Å². The Morgan fingerprint density at radius 3 is 2.83 bits per heavy atom. The number of hydrogen-bond acceptors (Lipinski definition) is 3. The molecule has 0 spiro atoms. The van der Waals surface area contributed by atoms with Crippen LogP contribution in [-0.2, 0) is 14.2 Å². The van der Waals surface area contributed by atoms with E-state index in [-0.39, 0.29) is 12.4 Å². The molecule has 2 fully saturated rings. The molecule has 5 heteroatoms. The Balaban J connectivity index is 1.73. The van der Waals surface area contributed by atoms with Crippen LogP contribution in [0.2, 0.25) is 0 Å². The average molecular weight is 384 g/mol. The van der Waals surface area contributed by atoms with Crippen molar-refractivity contribution in [3.8, 4) is 0 Å². The lowest BCUT2D eigenvalue weighted by molar-refractivity contribution is -0.111. The van der Waals surface area contributed by atoms with Crippen molar-refractivity contribution in [3.05, 3.63) is 12.7 Å². The van der Waals surface area contributed by atoms with E-state index >= 15 is 0 Å². The van der Waals surface area contributed by atoms with Crippen molar-refractivity contribution in [2.75, 3.05) is 19.8 Å². The van der Waals surface area contributed by atoms with E-state index in [1.54, 1.807) is 6.08 Å². The zero-order chi connectivity index (χ0) is 13.0. The Kier molecular flexibility index (Phi) is 6.15. The summed E-state index contributed by atoms with van der Waals surface area (Å²) >= 11 is 7.40. The van der Waals surface area contributed by atoms with E-state index in [4.69, 9.17) is 14.2 Å². The van der Waals surface area contributed by atoms with E-state index in [0.717, 1.165) is 12.8 Å². The molecule has 0 aromatic heterocycles. The van der Waals surface area contributed by atoms with E-state index in [9.17, 15) is 0 Å². The highest BCUT2D eigenvalue weighted by Gasteiger charge is 2.37. The fourth-order valence-electron chi connectivity index (χ4n) is 2.44. The highest BCUT2D eigenvalue weighted by Crippen LogP contribution is 2.37. The molecule has 1 aliphatic heterocycles. The molecule has 2 aliphatic rings. The van der Waals surface area contributed by atoms with E-state index in [1.165, 1.54) is 6.42 Å². The molecule has 3 nitrogen and oxygen atoms in total. The molecular weight excluding hydrogens is 364 g/mol. The van der Waals surface area contributed by atoms with Gasteiger partial charge in [0.25, 0.3) is 0 Å². The molecule has 0 bridgehead atoms. The molecule has 0 N–H and O–H groups in total. The Labute approximate surface area is 125 Å². The highest BCUT2D eigenvalue weighted by atomic mass is 79.9. The van der Waals surface area contributed by atoms with Crippen LogP contribution in [0, 0.1) is 5.92 Å². The monoisotopic (exact) mass is 382 g/mol. The first-order valence-electron chi connectivity index (χ1n) is 6.44. The average Bonchev–Trinajstić information content (AvgIpc) is 2.82. The second-order valence-corrected chi connectivity index (χ2v) is 7.24. The van der Waals surface area contributed by atoms with Crippen LogP contribution in [0.5, 0.6) is 0 Å². The summed E-state index contributed by atoms with van der Waals surface area (Å²) in [6, 6.07) is 0. The normalized spacial score (nSPS) is 40.9. The second kappa shape index (κ2) is 7.39. The Bertz CT molecular complexity index is 275. The molecule has 2 rings (SSSR count). The van der Waals surface area contributed by atoms with Gasteiger partial charge in [-0.25, -0.2) is 0 Å².